The normalized spacial score (nSPS) is 16.5. The Kier molecular flexibility index (Phi) is 6.41. The standard InChI is InChI=1S/C17H25N3O4S/c1-13(2)9-10-18-16(21)17(22)19-14-5-7-15(8-6-14)20-11-3-4-12-25(20,23)24/h5-8,13H,3-4,9-12H2,1-2H3,(H,18,21)(H,19,22). The number of rotatable bonds is 5. The fourth-order valence-electron chi connectivity index (χ4n) is 2.53. The molecule has 138 valence electrons. The zero-order chi connectivity index (χ0) is 18.4. The van der Waals surface area contributed by atoms with Crippen molar-refractivity contribution in [3.8, 4) is 0 Å². The summed E-state index contributed by atoms with van der Waals surface area (Å²) in [5, 5.41) is 5.08. The van der Waals surface area contributed by atoms with Crippen LogP contribution >= 0.6 is 0 Å². The Morgan fingerprint density at radius 3 is 2.40 bits per heavy atom. The third kappa shape index (κ3) is 5.45. The molecule has 1 saturated heterocycles. The van der Waals surface area contributed by atoms with Crippen LogP contribution in [0.2, 0.25) is 0 Å². The first-order valence-corrected chi connectivity index (χ1v) is 10.1. The van der Waals surface area contributed by atoms with Gasteiger partial charge in [0.1, 0.15) is 0 Å². The minimum absolute atomic E-state index is 0.155. The number of hydrogen-bond acceptors (Lipinski definition) is 4. The number of sulfonamides is 1. The quantitative estimate of drug-likeness (QED) is 0.775. The Balaban J connectivity index is 1.93. The molecule has 2 N–H and O–H groups in total. The van der Waals surface area contributed by atoms with Gasteiger partial charge in [-0.1, -0.05) is 13.8 Å². The van der Waals surface area contributed by atoms with Crippen molar-refractivity contribution in [2.75, 3.05) is 28.5 Å². The maximum Gasteiger partial charge on any atom is 0.313 e. The Bertz CT molecular complexity index is 714. The van der Waals surface area contributed by atoms with E-state index in [1.807, 2.05) is 13.8 Å². The van der Waals surface area contributed by atoms with Crippen molar-refractivity contribution >= 4 is 33.2 Å². The average Bonchev–Trinajstić information content (AvgIpc) is 2.55. The van der Waals surface area contributed by atoms with Crippen LogP contribution in [-0.4, -0.2) is 39.1 Å². The van der Waals surface area contributed by atoms with Crippen molar-refractivity contribution in [1.82, 2.24) is 5.32 Å². The topological polar surface area (TPSA) is 95.6 Å². The number of nitrogens with one attached hydrogen (secondary N) is 2. The van der Waals surface area contributed by atoms with E-state index in [0.29, 0.717) is 36.8 Å². The number of anilines is 2. The van der Waals surface area contributed by atoms with Gasteiger partial charge in [-0.3, -0.25) is 13.9 Å². The predicted octanol–water partition coefficient (Wildman–Crippen LogP) is 1.72. The third-order valence-corrected chi connectivity index (χ3v) is 5.85. The van der Waals surface area contributed by atoms with Gasteiger partial charge in [0, 0.05) is 18.8 Å². The van der Waals surface area contributed by atoms with Gasteiger partial charge in [0.2, 0.25) is 10.0 Å². The van der Waals surface area contributed by atoms with Crippen LogP contribution in [0.3, 0.4) is 0 Å². The number of carbonyl (C=O) groups excluding carboxylic acids is 2. The van der Waals surface area contributed by atoms with E-state index in [2.05, 4.69) is 10.6 Å². The van der Waals surface area contributed by atoms with E-state index in [1.165, 1.54) is 4.31 Å². The van der Waals surface area contributed by atoms with Crippen LogP contribution in [0.5, 0.6) is 0 Å². The molecule has 0 bridgehead atoms. The average molecular weight is 367 g/mol. The van der Waals surface area contributed by atoms with Crippen LogP contribution in [0.25, 0.3) is 0 Å². The molecule has 1 fully saturated rings. The first-order chi connectivity index (χ1) is 11.8. The SMILES string of the molecule is CC(C)CCNC(=O)C(=O)Nc1ccc(N2CCCCS2(=O)=O)cc1. The van der Waals surface area contributed by atoms with Crippen LogP contribution in [0.4, 0.5) is 11.4 Å². The van der Waals surface area contributed by atoms with E-state index < -0.39 is 21.8 Å². The lowest BCUT2D eigenvalue weighted by atomic mass is 10.1. The second-order valence-electron chi connectivity index (χ2n) is 6.53. The maximum atomic E-state index is 12.1. The van der Waals surface area contributed by atoms with Crippen molar-refractivity contribution in [3.63, 3.8) is 0 Å². The van der Waals surface area contributed by atoms with Crippen LogP contribution < -0.4 is 14.9 Å². The Morgan fingerprint density at radius 2 is 1.80 bits per heavy atom. The smallest absolute Gasteiger partial charge is 0.313 e. The van der Waals surface area contributed by atoms with Gasteiger partial charge in [-0.25, -0.2) is 8.42 Å². The second kappa shape index (κ2) is 8.33. The highest BCUT2D eigenvalue weighted by Crippen LogP contribution is 2.24. The molecule has 1 heterocycles. The molecule has 0 atom stereocenters. The highest BCUT2D eigenvalue weighted by molar-refractivity contribution is 7.92. The van der Waals surface area contributed by atoms with Crippen molar-refractivity contribution in [1.29, 1.82) is 0 Å². The Labute approximate surface area is 148 Å². The molecule has 1 aromatic carbocycles. The summed E-state index contributed by atoms with van der Waals surface area (Å²) in [5.74, 6) is -0.811. The zero-order valence-corrected chi connectivity index (χ0v) is 15.4. The van der Waals surface area contributed by atoms with Crippen LogP contribution in [0, 0.1) is 5.92 Å². The molecular formula is C17H25N3O4S. The van der Waals surface area contributed by atoms with E-state index in [9.17, 15) is 18.0 Å². The van der Waals surface area contributed by atoms with Crippen LogP contribution in [-0.2, 0) is 19.6 Å². The van der Waals surface area contributed by atoms with Gasteiger partial charge in [-0.15, -0.1) is 0 Å². The van der Waals surface area contributed by atoms with Crippen molar-refractivity contribution in [3.05, 3.63) is 24.3 Å². The monoisotopic (exact) mass is 367 g/mol. The van der Waals surface area contributed by atoms with E-state index in [4.69, 9.17) is 0 Å². The third-order valence-electron chi connectivity index (χ3n) is 3.98. The van der Waals surface area contributed by atoms with Gasteiger partial charge < -0.3 is 10.6 Å². The number of carbonyl (C=O) groups is 2. The van der Waals surface area contributed by atoms with Gasteiger partial charge in [0.15, 0.2) is 0 Å². The first kappa shape index (κ1) is 19.2. The summed E-state index contributed by atoms with van der Waals surface area (Å²) in [4.78, 5) is 23.6. The zero-order valence-electron chi connectivity index (χ0n) is 14.6. The molecule has 25 heavy (non-hydrogen) atoms. The van der Waals surface area contributed by atoms with Gasteiger partial charge in [0.25, 0.3) is 0 Å². The number of amides is 2. The molecule has 1 aliphatic rings. The highest BCUT2D eigenvalue weighted by atomic mass is 32.2. The Hall–Kier alpha value is -2.09. The Morgan fingerprint density at radius 1 is 1.12 bits per heavy atom. The second-order valence-corrected chi connectivity index (χ2v) is 8.55. The summed E-state index contributed by atoms with van der Waals surface area (Å²) in [6, 6.07) is 6.46. The maximum absolute atomic E-state index is 12.1. The minimum atomic E-state index is -3.26. The molecule has 0 aromatic heterocycles. The fourth-order valence-corrected chi connectivity index (χ4v) is 4.17. The first-order valence-electron chi connectivity index (χ1n) is 8.49. The summed E-state index contributed by atoms with van der Waals surface area (Å²) < 4.78 is 25.6. The molecule has 0 saturated carbocycles. The molecule has 0 spiro atoms. The minimum Gasteiger partial charge on any atom is -0.348 e. The van der Waals surface area contributed by atoms with E-state index in [1.54, 1.807) is 24.3 Å². The highest BCUT2D eigenvalue weighted by Gasteiger charge is 2.25. The lowest BCUT2D eigenvalue weighted by Gasteiger charge is -2.28. The van der Waals surface area contributed by atoms with Crippen molar-refractivity contribution < 1.29 is 18.0 Å². The molecule has 0 radical (unpaired) electrons. The summed E-state index contributed by atoms with van der Waals surface area (Å²) in [6.07, 6.45) is 2.31. The summed E-state index contributed by atoms with van der Waals surface area (Å²) in [7, 11) is -3.26. The van der Waals surface area contributed by atoms with Gasteiger partial charge in [0.05, 0.1) is 11.4 Å². The largest absolute Gasteiger partial charge is 0.348 e. The number of nitrogens with zero attached hydrogens (tertiary/aromatic N) is 1. The summed E-state index contributed by atoms with van der Waals surface area (Å²) in [5.41, 5.74) is 1.02. The molecule has 1 aliphatic heterocycles. The van der Waals surface area contributed by atoms with Crippen LogP contribution in [0.15, 0.2) is 24.3 Å². The van der Waals surface area contributed by atoms with Gasteiger partial charge >= 0.3 is 11.8 Å². The number of hydrogen-bond donors (Lipinski definition) is 2. The fraction of sp³-hybridized carbons (Fsp3) is 0.529. The van der Waals surface area contributed by atoms with Crippen molar-refractivity contribution in [2.24, 2.45) is 5.92 Å². The summed E-state index contributed by atoms with van der Waals surface area (Å²) in [6.45, 7) is 4.99. The van der Waals surface area contributed by atoms with Crippen molar-refractivity contribution in [2.45, 2.75) is 33.1 Å². The predicted molar refractivity (Wildman–Crippen MR) is 97.9 cm³/mol. The van der Waals surface area contributed by atoms with E-state index in [0.717, 1.165) is 12.8 Å². The molecule has 8 heteroatoms. The lowest BCUT2D eigenvalue weighted by molar-refractivity contribution is -0.136. The van der Waals surface area contributed by atoms with Gasteiger partial charge in [-0.05, 0) is 49.4 Å². The molecule has 7 nitrogen and oxygen atoms in total. The molecule has 0 aliphatic carbocycles. The number of benzene rings is 1. The molecule has 2 rings (SSSR count). The molecule has 0 unspecified atom stereocenters. The summed E-state index contributed by atoms with van der Waals surface area (Å²) >= 11 is 0. The molecule has 2 amide bonds. The lowest BCUT2D eigenvalue weighted by Crippen LogP contribution is -2.38. The molecular weight excluding hydrogens is 342 g/mol. The van der Waals surface area contributed by atoms with E-state index >= 15 is 0 Å². The molecule has 1 aromatic rings. The van der Waals surface area contributed by atoms with Gasteiger partial charge in [-0.2, -0.15) is 0 Å². The van der Waals surface area contributed by atoms with E-state index in [-0.39, 0.29) is 5.75 Å². The van der Waals surface area contributed by atoms with Crippen LogP contribution in [0.1, 0.15) is 33.1 Å².